The highest BCUT2D eigenvalue weighted by molar-refractivity contribution is 5.67. The van der Waals surface area contributed by atoms with Crippen LogP contribution in [0.4, 0.5) is 0 Å². The Kier molecular flexibility index (Phi) is 7.15. The average Bonchev–Trinajstić information content (AvgIpc) is 2.60. The minimum absolute atomic E-state index is 0.0313. The molecule has 0 heterocycles. The van der Waals surface area contributed by atoms with Gasteiger partial charge < -0.3 is 5.11 Å². The molecule has 24 heavy (non-hydrogen) atoms. The monoisotopic (exact) mass is 325 g/mol. The molecule has 0 fully saturated rings. The largest absolute Gasteiger partial charge is 0.481 e. The molecule has 0 bridgehead atoms. The molecule has 126 valence electrons. The van der Waals surface area contributed by atoms with Crippen LogP contribution in [0.3, 0.4) is 0 Å². The lowest BCUT2D eigenvalue weighted by molar-refractivity contribution is -0.138. The zero-order chi connectivity index (χ0) is 17.2. The molecule has 2 aromatic rings. The topological polar surface area (TPSA) is 66.7 Å². The Bertz CT molecular complexity index is 638. The van der Waals surface area contributed by atoms with Crippen molar-refractivity contribution >= 4 is 5.97 Å². The van der Waals surface area contributed by atoms with Gasteiger partial charge in [-0.2, -0.15) is 4.91 Å². The van der Waals surface area contributed by atoms with Gasteiger partial charge >= 0.3 is 5.97 Å². The van der Waals surface area contributed by atoms with Crippen molar-refractivity contribution in [2.24, 2.45) is 11.1 Å². The van der Waals surface area contributed by atoms with E-state index in [4.69, 9.17) is 5.11 Å². The van der Waals surface area contributed by atoms with E-state index in [0.717, 1.165) is 19.3 Å². The SMILES string of the molecule is O=NCCC(CCCc1ccc(-c2ccccc2)cc1)CC(=O)O. The number of carboxylic acids is 1. The van der Waals surface area contributed by atoms with Crippen molar-refractivity contribution in [3.05, 3.63) is 65.1 Å². The van der Waals surface area contributed by atoms with E-state index < -0.39 is 5.97 Å². The standard InChI is InChI=1S/C20H23NO3/c22-20(23)15-17(13-14-21-24)6-4-5-16-9-11-19(12-10-16)18-7-2-1-3-8-18/h1-3,7-12,17H,4-6,13-15H2,(H,22,23). The summed E-state index contributed by atoms with van der Waals surface area (Å²) in [5.74, 6) is -0.776. The Balaban J connectivity index is 1.85. The van der Waals surface area contributed by atoms with Crippen molar-refractivity contribution in [2.45, 2.75) is 32.1 Å². The first-order valence-electron chi connectivity index (χ1n) is 8.34. The first-order chi connectivity index (χ1) is 11.7. The highest BCUT2D eigenvalue weighted by Gasteiger charge is 2.13. The van der Waals surface area contributed by atoms with Gasteiger partial charge in [0.2, 0.25) is 0 Å². The third-order valence-corrected chi connectivity index (χ3v) is 4.23. The fourth-order valence-corrected chi connectivity index (χ4v) is 2.92. The second kappa shape index (κ2) is 9.60. The number of carboxylic acid groups (broad SMARTS) is 1. The van der Waals surface area contributed by atoms with E-state index in [1.54, 1.807) is 0 Å². The normalized spacial score (nSPS) is 11.8. The number of nitroso groups, excluding NO2 is 1. The van der Waals surface area contributed by atoms with E-state index in [-0.39, 0.29) is 18.9 Å². The molecule has 0 aliphatic heterocycles. The molecular weight excluding hydrogens is 302 g/mol. The molecule has 0 saturated heterocycles. The van der Waals surface area contributed by atoms with Crippen LogP contribution >= 0.6 is 0 Å². The number of aryl methyl sites for hydroxylation is 1. The van der Waals surface area contributed by atoms with Gasteiger partial charge in [0.15, 0.2) is 0 Å². The van der Waals surface area contributed by atoms with Crippen LogP contribution in [0.2, 0.25) is 0 Å². The zero-order valence-electron chi connectivity index (χ0n) is 13.7. The summed E-state index contributed by atoms with van der Waals surface area (Å²) in [4.78, 5) is 21.1. The van der Waals surface area contributed by atoms with E-state index >= 15 is 0 Å². The minimum Gasteiger partial charge on any atom is -0.481 e. The van der Waals surface area contributed by atoms with E-state index in [1.807, 2.05) is 18.2 Å². The van der Waals surface area contributed by atoms with Gasteiger partial charge in [-0.05, 0) is 48.3 Å². The maximum Gasteiger partial charge on any atom is 0.303 e. The molecule has 0 spiro atoms. The summed E-state index contributed by atoms with van der Waals surface area (Å²) in [5, 5.41) is 11.8. The van der Waals surface area contributed by atoms with Crippen LogP contribution in [-0.4, -0.2) is 17.6 Å². The number of carbonyl (C=O) groups is 1. The van der Waals surface area contributed by atoms with Crippen LogP contribution in [0.1, 0.15) is 31.2 Å². The van der Waals surface area contributed by atoms with Gasteiger partial charge in [-0.25, -0.2) is 0 Å². The van der Waals surface area contributed by atoms with Gasteiger partial charge in [-0.3, -0.25) is 4.79 Å². The Morgan fingerprint density at radius 1 is 0.958 bits per heavy atom. The fraction of sp³-hybridized carbons (Fsp3) is 0.350. The van der Waals surface area contributed by atoms with E-state index in [1.165, 1.54) is 16.7 Å². The van der Waals surface area contributed by atoms with Crippen molar-refractivity contribution in [1.29, 1.82) is 0 Å². The van der Waals surface area contributed by atoms with Crippen molar-refractivity contribution in [3.8, 4) is 11.1 Å². The van der Waals surface area contributed by atoms with Crippen molar-refractivity contribution in [3.63, 3.8) is 0 Å². The average molecular weight is 325 g/mol. The van der Waals surface area contributed by atoms with E-state index in [0.29, 0.717) is 6.42 Å². The highest BCUT2D eigenvalue weighted by atomic mass is 16.4. The van der Waals surface area contributed by atoms with Gasteiger partial charge in [0, 0.05) is 6.42 Å². The predicted octanol–water partition coefficient (Wildman–Crippen LogP) is 4.92. The highest BCUT2D eigenvalue weighted by Crippen LogP contribution is 2.21. The molecule has 4 heteroatoms. The van der Waals surface area contributed by atoms with Gasteiger partial charge in [-0.1, -0.05) is 59.8 Å². The second-order valence-corrected chi connectivity index (χ2v) is 6.06. The summed E-state index contributed by atoms with van der Waals surface area (Å²) in [6, 6.07) is 18.7. The van der Waals surface area contributed by atoms with Crippen molar-refractivity contribution < 1.29 is 9.90 Å². The third kappa shape index (κ3) is 5.95. The molecule has 1 unspecified atom stereocenters. The van der Waals surface area contributed by atoms with Crippen LogP contribution in [0.25, 0.3) is 11.1 Å². The summed E-state index contributed by atoms with van der Waals surface area (Å²) in [6.45, 7) is 0.198. The first-order valence-corrected chi connectivity index (χ1v) is 8.34. The van der Waals surface area contributed by atoms with Crippen LogP contribution in [0.15, 0.2) is 59.8 Å². The van der Waals surface area contributed by atoms with Crippen molar-refractivity contribution in [2.75, 3.05) is 6.54 Å². The summed E-state index contributed by atoms with van der Waals surface area (Å²) in [5.41, 5.74) is 3.64. The second-order valence-electron chi connectivity index (χ2n) is 6.06. The molecule has 0 amide bonds. The number of hydrogen-bond acceptors (Lipinski definition) is 3. The number of aliphatic carboxylic acids is 1. The Labute approximate surface area is 142 Å². The summed E-state index contributed by atoms with van der Waals surface area (Å²) in [6.07, 6.45) is 3.31. The van der Waals surface area contributed by atoms with Crippen LogP contribution in [0.5, 0.6) is 0 Å². The number of hydrogen-bond donors (Lipinski definition) is 1. The molecule has 2 rings (SSSR count). The van der Waals surface area contributed by atoms with Crippen LogP contribution in [0, 0.1) is 10.8 Å². The van der Waals surface area contributed by atoms with Gasteiger partial charge in [0.1, 0.15) is 0 Å². The van der Waals surface area contributed by atoms with Gasteiger partial charge in [-0.15, -0.1) is 0 Å². The lowest BCUT2D eigenvalue weighted by Gasteiger charge is -2.13. The Hall–Kier alpha value is -2.49. The summed E-state index contributed by atoms with van der Waals surface area (Å²) >= 11 is 0. The molecule has 0 aliphatic rings. The molecule has 0 radical (unpaired) electrons. The molecule has 0 saturated carbocycles. The van der Waals surface area contributed by atoms with E-state index in [9.17, 15) is 9.70 Å². The lowest BCUT2D eigenvalue weighted by Crippen LogP contribution is -2.09. The molecule has 0 aliphatic carbocycles. The summed E-state index contributed by atoms with van der Waals surface area (Å²) < 4.78 is 0. The number of rotatable bonds is 10. The maximum atomic E-state index is 10.9. The van der Waals surface area contributed by atoms with Gasteiger partial charge in [0.25, 0.3) is 0 Å². The first kappa shape index (κ1) is 17.9. The molecule has 1 atom stereocenters. The molecule has 1 N–H and O–H groups in total. The smallest absolute Gasteiger partial charge is 0.303 e. The van der Waals surface area contributed by atoms with Crippen molar-refractivity contribution in [1.82, 2.24) is 0 Å². The van der Waals surface area contributed by atoms with Crippen LogP contribution in [-0.2, 0) is 11.2 Å². The zero-order valence-corrected chi connectivity index (χ0v) is 13.7. The minimum atomic E-state index is -0.807. The Morgan fingerprint density at radius 3 is 2.25 bits per heavy atom. The van der Waals surface area contributed by atoms with Gasteiger partial charge in [0.05, 0.1) is 6.54 Å². The quantitative estimate of drug-likeness (QED) is 0.630. The molecule has 0 aromatic heterocycles. The molecule has 4 nitrogen and oxygen atoms in total. The fourth-order valence-electron chi connectivity index (χ4n) is 2.92. The maximum absolute atomic E-state index is 10.9. The van der Waals surface area contributed by atoms with Crippen LogP contribution < -0.4 is 0 Å². The van der Waals surface area contributed by atoms with E-state index in [2.05, 4.69) is 41.6 Å². The lowest BCUT2D eigenvalue weighted by atomic mass is 9.93. The molecule has 2 aromatic carbocycles. The number of nitrogens with zero attached hydrogens (tertiary/aromatic N) is 1. The molecular formula is C20H23NO3. The summed E-state index contributed by atoms with van der Waals surface area (Å²) in [7, 11) is 0. The third-order valence-electron chi connectivity index (χ3n) is 4.23. The number of benzene rings is 2. The predicted molar refractivity (Wildman–Crippen MR) is 95.8 cm³/mol. The Morgan fingerprint density at radius 2 is 1.62 bits per heavy atom.